The van der Waals surface area contributed by atoms with Crippen molar-refractivity contribution in [2.24, 2.45) is 0 Å². The second kappa shape index (κ2) is 3.46. The molecule has 15 heavy (non-hydrogen) atoms. The molecule has 0 bridgehead atoms. The van der Waals surface area contributed by atoms with Gasteiger partial charge in [-0.15, -0.1) is 0 Å². The molecule has 0 fully saturated rings. The Morgan fingerprint density at radius 3 is 2.80 bits per heavy atom. The van der Waals surface area contributed by atoms with E-state index in [1.54, 1.807) is 6.07 Å². The van der Waals surface area contributed by atoms with Gasteiger partial charge in [-0.25, -0.2) is 14.2 Å². The molecule has 0 N–H and O–H groups in total. The molecule has 0 atom stereocenters. The second-order valence-electron chi connectivity index (χ2n) is 3.63. The summed E-state index contributed by atoms with van der Waals surface area (Å²) >= 11 is 0. The van der Waals surface area contributed by atoms with E-state index in [1.807, 2.05) is 13.8 Å². The fraction of sp³-hybridized carbons (Fsp3) is 0.273. The minimum absolute atomic E-state index is 0.00497. The second-order valence-corrected chi connectivity index (χ2v) is 3.63. The highest BCUT2D eigenvalue weighted by Crippen LogP contribution is 2.16. The van der Waals surface area contributed by atoms with Crippen LogP contribution in [0.2, 0.25) is 0 Å². The number of halogens is 1. The Morgan fingerprint density at radius 1 is 1.40 bits per heavy atom. The molecule has 78 valence electrons. The Bertz CT molecular complexity index is 560. The highest BCUT2D eigenvalue weighted by molar-refractivity contribution is 5.77. The molecule has 0 aliphatic rings. The summed E-state index contributed by atoms with van der Waals surface area (Å²) in [4.78, 5) is 15.6. The Balaban J connectivity index is 2.85. The molecule has 0 saturated carbocycles. The van der Waals surface area contributed by atoms with Crippen molar-refractivity contribution < 1.29 is 8.81 Å². The lowest BCUT2D eigenvalue weighted by atomic mass is 10.2. The van der Waals surface area contributed by atoms with Crippen LogP contribution in [-0.2, 0) is 0 Å². The van der Waals surface area contributed by atoms with Gasteiger partial charge in [0.15, 0.2) is 0 Å². The predicted octanol–water partition coefficient (Wildman–Crippen LogP) is 2.45. The van der Waals surface area contributed by atoms with Gasteiger partial charge in [-0.3, -0.25) is 0 Å². The average molecular weight is 207 g/mol. The van der Waals surface area contributed by atoms with E-state index in [-0.39, 0.29) is 11.3 Å². The van der Waals surface area contributed by atoms with E-state index in [4.69, 9.17) is 4.42 Å². The molecule has 0 amide bonds. The van der Waals surface area contributed by atoms with E-state index in [2.05, 4.69) is 4.98 Å². The van der Waals surface area contributed by atoms with E-state index in [0.717, 1.165) is 0 Å². The van der Waals surface area contributed by atoms with E-state index in [0.29, 0.717) is 11.4 Å². The molecular weight excluding hydrogens is 197 g/mol. The molecule has 2 aromatic rings. The Kier molecular flexibility index (Phi) is 2.26. The van der Waals surface area contributed by atoms with Gasteiger partial charge in [0, 0.05) is 5.92 Å². The molecule has 0 aliphatic heterocycles. The van der Waals surface area contributed by atoms with Gasteiger partial charge in [0.25, 0.3) is 0 Å². The number of hydrogen-bond donors (Lipinski definition) is 0. The highest BCUT2D eigenvalue weighted by atomic mass is 19.1. The first kappa shape index (κ1) is 9.83. The van der Waals surface area contributed by atoms with Crippen molar-refractivity contribution in [3.8, 4) is 0 Å². The minimum Gasteiger partial charge on any atom is -0.408 e. The standard InChI is InChI=1S/C11H10FNO2/c1-6(2)10-13-8-5-3-4-7(12)9(8)11(14)15-10/h3-6H,1-2H3. The first-order valence-electron chi connectivity index (χ1n) is 4.69. The van der Waals surface area contributed by atoms with Crippen LogP contribution in [0.3, 0.4) is 0 Å². The third-order valence-electron chi connectivity index (χ3n) is 2.12. The van der Waals surface area contributed by atoms with Gasteiger partial charge in [-0.2, -0.15) is 0 Å². The monoisotopic (exact) mass is 207 g/mol. The van der Waals surface area contributed by atoms with Gasteiger partial charge < -0.3 is 4.42 Å². The zero-order chi connectivity index (χ0) is 11.0. The maximum Gasteiger partial charge on any atom is 0.349 e. The van der Waals surface area contributed by atoms with Crippen LogP contribution in [0.4, 0.5) is 4.39 Å². The summed E-state index contributed by atoms with van der Waals surface area (Å²) in [5, 5.41) is -0.0816. The third-order valence-corrected chi connectivity index (χ3v) is 2.12. The molecule has 0 saturated heterocycles. The SMILES string of the molecule is CC(C)c1nc2cccc(F)c2c(=O)o1. The molecule has 0 radical (unpaired) electrons. The lowest BCUT2D eigenvalue weighted by molar-refractivity contribution is 0.422. The van der Waals surface area contributed by atoms with Gasteiger partial charge in [-0.05, 0) is 12.1 Å². The number of aromatic nitrogens is 1. The maximum atomic E-state index is 13.3. The fourth-order valence-corrected chi connectivity index (χ4v) is 1.34. The summed E-state index contributed by atoms with van der Waals surface area (Å²) in [7, 11) is 0. The van der Waals surface area contributed by atoms with Crippen LogP contribution in [0, 0.1) is 5.82 Å². The fourth-order valence-electron chi connectivity index (χ4n) is 1.34. The van der Waals surface area contributed by atoms with Crippen LogP contribution in [0.5, 0.6) is 0 Å². The molecule has 1 aromatic heterocycles. The van der Waals surface area contributed by atoms with E-state index >= 15 is 0 Å². The van der Waals surface area contributed by atoms with Gasteiger partial charge in [0.05, 0.1) is 5.52 Å². The number of fused-ring (bicyclic) bond motifs is 1. The Labute approximate surface area is 85.6 Å². The van der Waals surface area contributed by atoms with Gasteiger partial charge >= 0.3 is 5.63 Å². The zero-order valence-corrected chi connectivity index (χ0v) is 8.45. The highest BCUT2D eigenvalue weighted by Gasteiger charge is 2.11. The number of rotatable bonds is 1. The average Bonchev–Trinajstić information content (AvgIpc) is 2.17. The van der Waals surface area contributed by atoms with Crippen molar-refractivity contribution in [3.05, 3.63) is 40.3 Å². The van der Waals surface area contributed by atoms with Crippen molar-refractivity contribution in [3.63, 3.8) is 0 Å². The van der Waals surface area contributed by atoms with Gasteiger partial charge in [0.2, 0.25) is 5.89 Å². The van der Waals surface area contributed by atoms with Crippen LogP contribution >= 0.6 is 0 Å². The minimum atomic E-state index is -0.665. The van der Waals surface area contributed by atoms with Crippen molar-refractivity contribution >= 4 is 10.9 Å². The smallest absolute Gasteiger partial charge is 0.349 e. The molecule has 0 spiro atoms. The quantitative estimate of drug-likeness (QED) is 0.721. The summed E-state index contributed by atoms with van der Waals surface area (Å²) in [6, 6.07) is 4.34. The number of benzene rings is 1. The molecule has 2 rings (SSSR count). The lowest BCUT2D eigenvalue weighted by Gasteiger charge is -2.03. The predicted molar refractivity (Wildman–Crippen MR) is 54.3 cm³/mol. The van der Waals surface area contributed by atoms with Crippen molar-refractivity contribution in [2.75, 3.05) is 0 Å². The van der Waals surface area contributed by atoms with Crippen molar-refractivity contribution in [1.29, 1.82) is 0 Å². The molecule has 4 heteroatoms. The van der Waals surface area contributed by atoms with Crippen LogP contribution < -0.4 is 5.63 Å². The number of nitrogens with zero attached hydrogens (tertiary/aromatic N) is 1. The van der Waals surface area contributed by atoms with E-state index < -0.39 is 11.4 Å². The Morgan fingerprint density at radius 2 is 2.13 bits per heavy atom. The topological polar surface area (TPSA) is 43.1 Å². The molecule has 1 heterocycles. The van der Waals surface area contributed by atoms with Crippen LogP contribution in [0.25, 0.3) is 10.9 Å². The van der Waals surface area contributed by atoms with Crippen LogP contribution in [0.15, 0.2) is 27.4 Å². The van der Waals surface area contributed by atoms with E-state index in [1.165, 1.54) is 12.1 Å². The normalized spacial score (nSPS) is 11.2. The lowest BCUT2D eigenvalue weighted by Crippen LogP contribution is -2.07. The Hall–Kier alpha value is -1.71. The summed E-state index contributed by atoms with van der Waals surface area (Å²) in [5.74, 6) is -0.257. The van der Waals surface area contributed by atoms with Crippen LogP contribution in [0.1, 0.15) is 25.7 Å². The maximum absolute atomic E-state index is 13.3. The van der Waals surface area contributed by atoms with Gasteiger partial charge in [0.1, 0.15) is 11.2 Å². The first-order chi connectivity index (χ1) is 7.09. The summed E-state index contributed by atoms with van der Waals surface area (Å²) in [6.07, 6.45) is 0. The first-order valence-corrected chi connectivity index (χ1v) is 4.69. The largest absolute Gasteiger partial charge is 0.408 e. The summed E-state index contributed by atoms with van der Waals surface area (Å²) < 4.78 is 18.2. The van der Waals surface area contributed by atoms with Crippen molar-refractivity contribution in [1.82, 2.24) is 4.98 Å². The number of hydrogen-bond acceptors (Lipinski definition) is 3. The van der Waals surface area contributed by atoms with Crippen LogP contribution in [-0.4, -0.2) is 4.98 Å². The third kappa shape index (κ3) is 1.63. The summed E-state index contributed by atoms with van der Waals surface area (Å²) in [6.45, 7) is 3.72. The van der Waals surface area contributed by atoms with E-state index in [9.17, 15) is 9.18 Å². The molecule has 0 aliphatic carbocycles. The summed E-state index contributed by atoms with van der Waals surface area (Å²) in [5.41, 5.74) is -0.322. The molecule has 0 unspecified atom stereocenters. The zero-order valence-electron chi connectivity index (χ0n) is 8.45. The van der Waals surface area contributed by atoms with Gasteiger partial charge in [-0.1, -0.05) is 19.9 Å². The van der Waals surface area contributed by atoms with Crippen molar-refractivity contribution in [2.45, 2.75) is 19.8 Å². The molecule has 1 aromatic carbocycles. The molecule has 3 nitrogen and oxygen atoms in total. The molecular formula is C11H10FNO2.